The molecule has 0 heterocycles. The molecule has 0 saturated heterocycles. The molecule has 0 radical (unpaired) electrons. The van der Waals surface area contributed by atoms with Gasteiger partial charge in [0.25, 0.3) is 0 Å². The summed E-state index contributed by atoms with van der Waals surface area (Å²) in [5.41, 5.74) is 5.66. The van der Waals surface area contributed by atoms with Gasteiger partial charge < -0.3 is 19.9 Å². The highest BCUT2D eigenvalue weighted by molar-refractivity contribution is 4.56. The van der Waals surface area contributed by atoms with Crippen LogP contribution < -0.4 is 5.73 Å². The van der Waals surface area contributed by atoms with Crippen LogP contribution in [0.2, 0.25) is 0 Å². The van der Waals surface area contributed by atoms with Crippen molar-refractivity contribution in [1.82, 2.24) is 0 Å². The zero-order valence-corrected chi connectivity index (χ0v) is 9.33. The van der Waals surface area contributed by atoms with Gasteiger partial charge in [0.2, 0.25) is 0 Å². The summed E-state index contributed by atoms with van der Waals surface area (Å²) in [5, 5.41) is 0. The Labute approximate surface area is 86.7 Å². The average Bonchev–Trinajstić information content (AvgIpc) is 2.17. The van der Waals surface area contributed by atoms with Crippen molar-refractivity contribution in [3.8, 4) is 0 Å². The van der Waals surface area contributed by atoms with E-state index in [2.05, 4.69) is 6.92 Å². The summed E-state index contributed by atoms with van der Waals surface area (Å²) in [7, 11) is 1.63. The number of rotatable bonds is 10. The van der Waals surface area contributed by atoms with Crippen LogP contribution in [0.25, 0.3) is 0 Å². The maximum absolute atomic E-state index is 5.66. The van der Waals surface area contributed by atoms with Gasteiger partial charge in [-0.3, -0.25) is 0 Å². The average molecular weight is 205 g/mol. The molecule has 0 aliphatic carbocycles. The summed E-state index contributed by atoms with van der Waals surface area (Å²) in [5.74, 6) is 0. The Morgan fingerprint density at radius 1 is 1.07 bits per heavy atom. The van der Waals surface area contributed by atoms with Gasteiger partial charge in [-0.25, -0.2) is 0 Å². The summed E-state index contributed by atoms with van der Waals surface area (Å²) < 4.78 is 15.5. The monoisotopic (exact) mass is 205 g/mol. The lowest BCUT2D eigenvalue weighted by molar-refractivity contribution is 0.0324. The second-order valence-corrected chi connectivity index (χ2v) is 3.26. The van der Waals surface area contributed by atoms with E-state index in [0.29, 0.717) is 26.4 Å². The fourth-order valence-corrected chi connectivity index (χ4v) is 0.963. The van der Waals surface area contributed by atoms with Gasteiger partial charge in [-0.05, 0) is 6.42 Å². The van der Waals surface area contributed by atoms with Crippen LogP contribution in [0.1, 0.15) is 19.8 Å². The van der Waals surface area contributed by atoms with Crippen molar-refractivity contribution >= 4 is 0 Å². The van der Waals surface area contributed by atoms with Gasteiger partial charge in [0.05, 0.1) is 32.5 Å². The highest BCUT2D eigenvalue weighted by atomic mass is 16.5. The van der Waals surface area contributed by atoms with Crippen LogP contribution in [0.3, 0.4) is 0 Å². The Kier molecular flexibility index (Phi) is 10.8. The minimum Gasteiger partial charge on any atom is -0.383 e. The van der Waals surface area contributed by atoms with E-state index < -0.39 is 0 Å². The van der Waals surface area contributed by atoms with E-state index in [4.69, 9.17) is 19.9 Å². The molecule has 0 rings (SSSR count). The number of unbranched alkanes of at least 4 members (excludes halogenated alkanes) is 1. The molecule has 0 aromatic rings. The number of ether oxygens (including phenoxy) is 3. The lowest BCUT2D eigenvalue weighted by atomic mass is 10.4. The first kappa shape index (κ1) is 13.8. The topological polar surface area (TPSA) is 53.7 Å². The molecule has 0 amide bonds. The number of hydrogen-bond donors (Lipinski definition) is 1. The SMILES string of the molecule is CCCCOCCOCC(N)COC. The van der Waals surface area contributed by atoms with Crippen LogP contribution in [0.4, 0.5) is 0 Å². The maximum Gasteiger partial charge on any atom is 0.0701 e. The standard InChI is InChI=1S/C10H23NO3/c1-3-4-5-13-6-7-14-9-10(11)8-12-2/h10H,3-9,11H2,1-2H3. The second kappa shape index (κ2) is 10.9. The zero-order valence-electron chi connectivity index (χ0n) is 9.33. The van der Waals surface area contributed by atoms with Crippen molar-refractivity contribution in [2.24, 2.45) is 5.73 Å². The molecule has 0 aliphatic heterocycles. The predicted octanol–water partition coefficient (Wildman–Crippen LogP) is 0.793. The molecule has 0 aliphatic rings. The number of nitrogens with two attached hydrogens (primary N) is 1. The van der Waals surface area contributed by atoms with Gasteiger partial charge in [0, 0.05) is 13.7 Å². The molecule has 0 fully saturated rings. The summed E-state index contributed by atoms with van der Waals surface area (Å²) in [4.78, 5) is 0. The number of hydrogen-bond acceptors (Lipinski definition) is 4. The highest BCUT2D eigenvalue weighted by Crippen LogP contribution is 1.88. The van der Waals surface area contributed by atoms with E-state index in [1.165, 1.54) is 6.42 Å². The summed E-state index contributed by atoms with van der Waals surface area (Å²) in [6, 6.07) is -0.0318. The van der Waals surface area contributed by atoms with Crippen molar-refractivity contribution in [3.05, 3.63) is 0 Å². The van der Waals surface area contributed by atoms with E-state index in [9.17, 15) is 0 Å². The van der Waals surface area contributed by atoms with Crippen molar-refractivity contribution in [3.63, 3.8) is 0 Å². The van der Waals surface area contributed by atoms with Crippen molar-refractivity contribution in [2.45, 2.75) is 25.8 Å². The summed E-state index contributed by atoms with van der Waals surface area (Å²) >= 11 is 0. The molecule has 2 N–H and O–H groups in total. The first-order valence-electron chi connectivity index (χ1n) is 5.21. The summed E-state index contributed by atoms with van der Waals surface area (Å²) in [6.45, 7) is 5.30. The fourth-order valence-electron chi connectivity index (χ4n) is 0.963. The Morgan fingerprint density at radius 3 is 2.43 bits per heavy atom. The molecule has 1 atom stereocenters. The Bertz CT molecular complexity index is 112. The smallest absolute Gasteiger partial charge is 0.0701 e. The molecule has 86 valence electrons. The third-order valence-corrected chi connectivity index (χ3v) is 1.73. The third kappa shape index (κ3) is 9.92. The van der Waals surface area contributed by atoms with Crippen LogP contribution in [-0.4, -0.2) is 46.2 Å². The third-order valence-electron chi connectivity index (χ3n) is 1.73. The minimum absolute atomic E-state index is 0.0318. The highest BCUT2D eigenvalue weighted by Gasteiger charge is 2.00. The zero-order chi connectivity index (χ0) is 10.6. The molecular weight excluding hydrogens is 182 g/mol. The Morgan fingerprint density at radius 2 is 1.79 bits per heavy atom. The molecular formula is C10H23NO3. The Hall–Kier alpha value is -0.160. The Balaban J connectivity index is 2.98. The van der Waals surface area contributed by atoms with Gasteiger partial charge >= 0.3 is 0 Å². The molecule has 4 heteroatoms. The first-order chi connectivity index (χ1) is 6.81. The molecule has 0 spiro atoms. The summed E-state index contributed by atoms with van der Waals surface area (Å²) in [6.07, 6.45) is 2.28. The van der Waals surface area contributed by atoms with Gasteiger partial charge in [-0.2, -0.15) is 0 Å². The first-order valence-corrected chi connectivity index (χ1v) is 5.21. The largest absolute Gasteiger partial charge is 0.383 e. The van der Waals surface area contributed by atoms with E-state index in [1.54, 1.807) is 7.11 Å². The van der Waals surface area contributed by atoms with Crippen molar-refractivity contribution in [2.75, 3.05) is 40.1 Å². The van der Waals surface area contributed by atoms with Crippen LogP contribution >= 0.6 is 0 Å². The van der Waals surface area contributed by atoms with E-state index in [-0.39, 0.29) is 6.04 Å². The number of methoxy groups -OCH3 is 1. The maximum atomic E-state index is 5.66. The van der Waals surface area contributed by atoms with Crippen molar-refractivity contribution < 1.29 is 14.2 Å². The van der Waals surface area contributed by atoms with Crippen LogP contribution in [-0.2, 0) is 14.2 Å². The molecule has 0 aromatic heterocycles. The van der Waals surface area contributed by atoms with Crippen LogP contribution in [0.5, 0.6) is 0 Å². The second-order valence-electron chi connectivity index (χ2n) is 3.26. The van der Waals surface area contributed by atoms with Gasteiger partial charge in [-0.15, -0.1) is 0 Å². The van der Waals surface area contributed by atoms with E-state index in [0.717, 1.165) is 13.0 Å². The van der Waals surface area contributed by atoms with Crippen LogP contribution in [0, 0.1) is 0 Å². The lowest BCUT2D eigenvalue weighted by Gasteiger charge is -2.10. The van der Waals surface area contributed by atoms with Gasteiger partial charge in [0.15, 0.2) is 0 Å². The lowest BCUT2D eigenvalue weighted by Crippen LogP contribution is -2.31. The quantitative estimate of drug-likeness (QED) is 0.536. The molecule has 0 aromatic carbocycles. The fraction of sp³-hybridized carbons (Fsp3) is 1.00. The van der Waals surface area contributed by atoms with E-state index >= 15 is 0 Å². The minimum atomic E-state index is -0.0318. The van der Waals surface area contributed by atoms with E-state index in [1.807, 2.05) is 0 Å². The molecule has 14 heavy (non-hydrogen) atoms. The molecule has 1 unspecified atom stereocenters. The predicted molar refractivity (Wildman–Crippen MR) is 56.4 cm³/mol. The van der Waals surface area contributed by atoms with Gasteiger partial charge in [0.1, 0.15) is 0 Å². The van der Waals surface area contributed by atoms with Gasteiger partial charge in [-0.1, -0.05) is 13.3 Å². The van der Waals surface area contributed by atoms with Crippen LogP contribution in [0.15, 0.2) is 0 Å². The normalized spacial score (nSPS) is 13.1. The molecule has 4 nitrogen and oxygen atoms in total. The van der Waals surface area contributed by atoms with Crippen molar-refractivity contribution in [1.29, 1.82) is 0 Å². The molecule has 0 saturated carbocycles. The molecule has 0 bridgehead atoms.